The molecule has 9 heteroatoms. The number of ether oxygens (including phenoxy) is 5. The molecule has 0 aromatic heterocycles. The van der Waals surface area contributed by atoms with Gasteiger partial charge in [0.2, 0.25) is 6.79 Å². The minimum absolute atomic E-state index is 0.100. The number of carbonyl (C=O) groups excluding carboxylic acids is 1. The maximum Gasteiger partial charge on any atom is 0.412 e. The van der Waals surface area contributed by atoms with Crippen molar-refractivity contribution in [1.29, 1.82) is 0 Å². The zero-order valence-corrected chi connectivity index (χ0v) is 19.0. The number of carbonyl (C=O) groups is 1. The molecule has 0 spiro atoms. The van der Waals surface area contributed by atoms with Gasteiger partial charge in [-0.05, 0) is 42.0 Å². The van der Waals surface area contributed by atoms with Crippen molar-refractivity contribution >= 4 is 11.8 Å². The van der Waals surface area contributed by atoms with Gasteiger partial charge in [0.05, 0.1) is 6.61 Å². The van der Waals surface area contributed by atoms with Gasteiger partial charge in [0.25, 0.3) is 0 Å². The third-order valence-electron chi connectivity index (χ3n) is 5.20. The minimum Gasteiger partial charge on any atom is -0.491 e. The summed E-state index contributed by atoms with van der Waals surface area (Å²) >= 11 is 0. The molecule has 184 valence electrons. The average Bonchev–Trinajstić information content (AvgIpc) is 3.35. The van der Waals surface area contributed by atoms with Crippen LogP contribution in [0.2, 0.25) is 0 Å². The number of benzene rings is 3. The number of anilines is 1. The van der Waals surface area contributed by atoms with Gasteiger partial charge in [0.15, 0.2) is 17.6 Å². The van der Waals surface area contributed by atoms with Gasteiger partial charge >= 0.3 is 6.09 Å². The molecule has 9 nitrogen and oxygen atoms in total. The van der Waals surface area contributed by atoms with Gasteiger partial charge in [-0.1, -0.05) is 30.3 Å². The summed E-state index contributed by atoms with van der Waals surface area (Å²) in [6.07, 6.45) is -1.99. The topological polar surface area (TPSA) is 116 Å². The van der Waals surface area contributed by atoms with E-state index in [1.54, 1.807) is 54.6 Å². The quantitative estimate of drug-likeness (QED) is 0.378. The lowest BCUT2D eigenvalue weighted by Gasteiger charge is -2.28. The third kappa shape index (κ3) is 6.56. The highest BCUT2D eigenvalue weighted by molar-refractivity contribution is 5.85. The van der Waals surface area contributed by atoms with E-state index in [-0.39, 0.29) is 33.0 Å². The molecule has 3 aromatic carbocycles. The molecule has 1 aliphatic rings. The Morgan fingerprint density at radius 2 is 1.69 bits per heavy atom. The summed E-state index contributed by atoms with van der Waals surface area (Å²) in [5.41, 5.74) is 1.13. The van der Waals surface area contributed by atoms with Crippen LogP contribution in [0.3, 0.4) is 0 Å². The molecule has 1 amide bonds. The van der Waals surface area contributed by atoms with Crippen LogP contribution < -0.4 is 24.3 Å². The van der Waals surface area contributed by atoms with Crippen LogP contribution in [-0.2, 0) is 4.74 Å². The van der Waals surface area contributed by atoms with E-state index in [0.29, 0.717) is 34.2 Å². The Morgan fingerprint density at radius 3 is 2.43 bits per heavy atom. The molecule has 4 rings (SSSR count). The molecular weight excluding hydrogens is 454 g/mol. The van der Waals surface area contributed by atoms with Crippen LogP contribution in [-0.4, -0.2) is 49.0 Å². The summed E-state index contributed by atoms with van der Waals surface area (Å²) in [7, 11) is 0. The third-order valence-corrected chi connectivity index (χ3v) is 5.20. The lowest BCUT2D eigenvalue weighted by Crippen LogP contribution is -2.31. The molecule has 0 aliphatic carbocycles. The van der Waals surface area contributed by atoms with E-state index in [1.165, 1.54) is 0 Å². The summed E-state index contributed by atoms with van der Waals surface area (Å²) in [6, 6.07) is 21.1. The second-order valence-corrected chi connectivity index (χ2v) is 7.64. The molecule has 1 aliphatic heterocycles. The highest BCUT2D eigenvalue weighted by atomic mass is 16.7. The standard InChI is InChI=1S/C26H27NO8/c28-13-12-23(34-21-4-2-1-3-5-21)25(18-6-9-20(10-7-18)31-15-14-29)35-26(30)27-19-8-11-22-24(16-19)33-17-32-22/h1-11,16,23,25,28-29H,12-15,17H2,(H,27,30)/t23-,25-/m0/s1. The monoisotopic (exact) mass is 481 g/mol. The Morgan fingerprint density at radius 1 is 0.914 bits per heavy atom. The van der Waals surface area contributed by atoms with Crippen molar-refractivity contribution in [2.24, 2.45) is 0 Å². The first kappa shape index (κ1) is 24.2. The Bertz CT molecular complexity index is 1090. The normalized spacial score (nSPS) is 13.5. The zero-order valence-electron chi connectivity index (χ0n) is 19.0. The lowest BCUT2D eigenvalue weighted by atomic mass is 10.0. The van der Waals surface area contributed by atoms with Gasteiger partial charge in [0.1, 0.15) is 24.2 Å². The highest BCUT2D eigenvalue weighted by Crippen LogP contribution is 2.35. The van der Waals surface area contributed by atoms with Crippen LogP contribution in [0.4, 0.5) is 10.5 Å². The SMILES string of the molecule is O=C(Nc1ccc2c(c1)OCO2)O[C@@H](c1ccc(OCCO)cc1)[C@H](CCO)Oc1ccccc1. The van der Waals surface area contributed by atoms with E-state index in [2.05, 4.69) is 5.32 Å². The van der Waals surface area contributed by atoms with Gasteiger partial charge in [-0.25, -0.2) is 4.79 Å². The number of rotatable bonds is 11. The molecule has 1 heterocycles. The summed E-state index contributed by atoms with van der Waals surface area (Å²) in [4.78, 5) is 12.9. The molecule has 0 saturated carbocycles. The molecule has 0 radical (unpaired) electrons. The largest absolute Gasteiger partial charge is 0.491 e. The smallest absolute Gasteiger partial charge is 0.412 e. The van der Waals surface area contributed by atoms with Crippen molar-refractivity contribution in [3.8, 4) is 23.0 Å². The first-order valence-corrected chi connectivity index (χ1v) is 11.2. The number of amides is 1. The molecule has 3 N–H and O–H groups in total. The van der Waals surface area contributed by atoms with E-state index < -0.39 is 18.3 Å². The second kappa shape index (κ2) is 12.0. The Hall–Kier alpha value is -3.95. The van der Waals surface area contributed by atoms with Gasteiger partial charge in [0, 0.05) is 24.8 Å². The molecule has 0 saturated heterocycles. The van der Waals surface area contributed by atoms with Crippen molar-refractivity contribution in [2.45, 2.75) is 18.6 Å². The van der Waals surface area contributed by atoms with Crippen molar-refractivity contribution < 1.29 is 38.7 Å². The van der Waals surface area contributed by atoms with Gasteiger partial charge < -0.3 is 33.9 Å². The summed E-state index contributed by atoms with van der Waals surface area (Å²) in [5.74, 6) is 2.28. The fourth-order valence-corrected chi connectivity index (χ4v) is 3.59. The number of aliphatic hydroxyl groups excluding tert-OH is 2. The maximum absolute atomic E-state index is 12.9. The molecule has 2 atom stereocenters. The summed E-state index contributed by atoms with van der Waals surface area (Å²) in [6.45, 7) is 0.0281. The van der Waals surface area contributed by atoms with Gasteiger partial charge in [-0.2, -0.15) is 0 Å². The fraction of sp³-hybridized carbons (Fsp3) is 0.269. The molecule has 3 aromatic rings. The number of hydrogen-bond acceptors (Lipinski definition) is 8. The van der Waals surface area contributed by atoms with Crippen LogP contribution in [0.1, 0.15) is 18.1 Å². The van der Waals surface area contributed by atoms with Crippen molar-refractivity contribution in [3.63, 3.8) is 0 Å². The van der Waals surface area contributed by atoms with E-state index in [0.717, 1.165) is 0 Å². The van der Waals surface area contributed by atoms with E-state index in [9.17, 15) is 9.90 Å². The molecular formula is C26H27NO8. The van der Waals surface area contributed by atoms with Crippen molar-refractivity contribution in [2.75, 3.05) is 31.9 Å². The summed E-state index contributed by atoms with van der Waals surface area (Å²) < 4.78 is 28.0. The number of nitrogens with one attached hydrogen (secondary N) is 1. The van der Waals surface area contributed by atoms with E-state index in [1.807, 2.05) is 18.2 Å². The Balaban J connectivity index is 1.55. The fourth-order valence-electron chi connectivity index (χ4n) is 3.59. The molecule has 35 heavy (non-hydrogen) atoms. The van der Waals surface area contributed by atoms with Gasteiger partial charge in [-0.3, -0.25) is 5.32 Å². The second-order valence-electron chi connectivity index (χ2n) is 7.64. The Labute approximate surface area is 202 Å². The van der Waals surface area contributed by atoms with E-state index >= 15 is 0 Å². The van der Waals surface area contributed by atoms with Crippen LogP contribution in [0.25, 0.3) is 0 Å². The van der Waals surface area contributed by atoms with Crippen molar-refractivity contribution in [3.05, 3.63) is 78.4 Å². The van der Waals surface area contributed by atoms with Crippen molar-refractivity contribution in [1.82, 2.24) is 0 Å². The number of aliphatic hydroxyl groups is 2. The maximum atomic E-state index is 12.9. The highest BCUT2D eigenvalue weighted by Gasteiger charge is 2.29. The molecule has 0 fully saturated rings. The number of fused-ring (bicyclic) bond motifs is 1. The molecule has 0 bridgehead atoms. The first-order valence-electron chi connectivity index (χ1n) is 11.2. The predicted molar refractivity (Wildman–Crippen MR) is 127 cm³/mol. The number of hydrogen-bond donors (Lipinski definition) is 3. The van der Waals surface area contributed by atoms with E-state index in [4.69, 9.17) is 28.8 Å². The zero-order chi connectivity index (χ0) is 24.5. The lowest BCUT2D eigenvalue weighted by molar-refractivity contribution is 0.00906. The molecule has 0 unspecified atom stereocenters. The van der Waals surface area contributed by atoms with Crippen LogP contribution in [0.15, 0.2) is 72.8 Å². The van der Waals surface area contributed by atoms with Crippen LogP contribution in [0.5, 0.6) is 23.0 Å². The minimum atomic E-state index is -0.844. The average molecular weight is 482 g/mol. The van der Waals surface area contributed by atoms with Gasteiger partial charge in [-0.15, -0.1) is 0 Å². The predicted octanol–water partition coefficient (Wildman–Crippen LogP) is 3.91. The van der Waals surface area contributed by atoms with Crippen LogP contribution in [0, 0.1) is 0 Å². The number of para-hydroxylation sites is 1. The summed E-state index contributed by atoms with van der Waals surface area (Å²) in [5, 5.41) is 21.4. The Kier molecular flexibility index (Phi) is 8.26. The van der Waals surface area contributed by atoms with Crippen LogP contribution >= 0.6 is 0 Å². The first-order chi connectivity index (χ1) is 17.2.